The monoisotopic (exact) mass is 404 g/mol. The lowest BCUT2D eigenvalue weighted by atomic mass is 10.2. The van der Waals surface area contributed by atoms with E-state index >= 15 is 0 Å². The van der Waals surface area contributed by atoms with Crippen LogP contribution in [0.25, 0.3) is 0 Å². The predicted molar refractivity (Wildman–Crippen MR) is 111 cm³/mol. The summed E-state index contributed by atoms with van der Waals surface area (Å²) in [5.41, 5.74) is 1.73. The van der Waals surface area contributed by atoms with E-state index in [2.05, 4.69) is 5.32 Å². The maximum Gasteiger partial charge on any atom is 0.243 e. The van der Waals surface area contributed by atoms with Crippen LogP contribution in [0.4, 0.5) is 5.69 Å². The molecule has 0 aliphatic rings. The van der Waals surface area contributed by atoms with Gasteiger partial charge in [-0.1, -0.05) is 17.7 Å². The van der Waals surface area contributed by atoms with Crippen LogP contribution in [-0.4, -0.2) is 38.3 Å². The predicted octanol–water partition coefficient (Wildman–Crippen LogP) is 3.82. The Hall–Kier alpha value is -2.38. The van der Waals surface area contributed by atoms with Crippen molar-refractivity contribution < 1.29 is 17.9 Å². The molecule has 0 aliphatic carbocycles. The normalized spacial score (nSPS) is 11.6. The van der Waals surface area contributed by atoms with Crippen molar-refractivity contribution in [3.8, 4) is 5.75 Å². The number of hydrogen-bond donors (Lipinski definition) is 1. The summed E-state index contributed by atoms with van der Waals surface area (Å²) in [7, 11) is -1.98. The number of carbonyl (C=O) groups is 1. The summed E-state index contributed by atoms with van der Waals surface area (Å²) in [6.07, 6.45) is 0.910. The molecule has 0 spiro atoms. The van der Waals surface area contributed by atoms with Crippen molar-refractivity contribution >= 4 is 21.6 Å². The minimum Gasteiger partial charge on any atom is -0.494 e. The summed E-state index contributed by atoms with van der Waals surface area (Å²) >= 11 is 0. The molecule has 0 heterocycles. The van der Waals surface area contributed by atoms with Gasteiger partial charge in [0.15, 0.2) is 0 Å². The smallest absolute Gasteiger partial charge is 0.243 e. The lowest BCUT2D eigenvalue weighted by molar-refractivity contribution is -0.116. The molecule has 2 rings (SSSR count). The average molecular weight is 405 g/mol. The average Bonchev–Trinajstić information content (AvgIpc) is 2.66. The number of amides is 1. The lowest BCUT2D eigenvalue weighted by Crippen LogP contribution is -2.33. The molecule has 2 aromatic rings. The van der Waals surface area contributed by atoms with Crippen molar-refractivity contribution in [3.05, 3.63) is 54.1 Å². The molecule has 0 fully saturated rings. The van der Waals surface area contributed by atoms with Gasteiger partial charge in [-0.05, 0) is 63.6 Å². The Morgan fingerprint density at radius 2 is 1.68 bits per heavy atom. The molecule has 0 aromatic heterocycles. The quantitative estimate of drug-likeness (QED) is 0.645. The molecule has 0 unspecified atom stereocenters. The Bertz CT molecular complexity index is 876. The fourth-order valence-electron chi connectivity index (χ4n) is 2.43. The molecule has 0 saturated carbocycles. The second kappa shape index (κ2) is 9.71. The van der Waals surface area contributed by atoms with E-state index in [0.29, 0.717) is 25.1 Å². The van der Waals surface area contributed by atoms with Crippen LogP contribution in [0, 0.1) is 6.92 Å². The van der Waals surface area contributed by atoms with E-state index in [1.807, 2.05) is 45.0 Å². The van der Waals surface area contributed by atoms with Crippen molar-refractivity contribution in [2.24, 2.45) is 0 Å². The number of carbonyl (C=O) groups excluding carboxylic acids is 1. The van der Waals surface area contributed by atoms with E-state index in [4.69, 9.17) is 4.74 Å². The fraction of sp³-hybridized carbons (Fsp3) is 0.381. The summed E-state index contributed by atoms with van der Waals surface area (Å²) in [6.45, 7) is 6.09. The summed E-state index contributed by atoms with van der Waals surface area (Å²) < 4.78 is 31.8. The van der Waals surface area contributed by atoms with Crippen LogP contribution in [0.5, 0.6) is 5.75 Å². The minimum absolute atomic E-state index is 0.133. The van der Waals surface area contributed by atoms with Gasteiger partial charge in [0, 0.05) is 25.2 Å². The Balaban J connectivity index is 1.81. The zero-order chi connectivity index (χ0) is 20.7. The van der Waals surface area contributed by atoms with Crippen LogP contribution < -0.4 is 10.1 Å². The van der Waals surface area contributed by atoms with Gasteiger partial charge in [0.1, 0.15) is 5.75 Å². The maximum atomic E-state index is 12.4. The largest absolute Gasteiger partial charge is 0.494 e. The molecule has 28 heavy (non-hydrogen) atoms. The highest BCUT2D eigenvalue weighted by atomic mass is 32.2. The van der Waals surface area contributed by atoms with Crippen LogP contribution >= 0.6 is 0 Å². The van der Waals surface area contributed by atoms with E-state index in [1.54, 1.807) is 19.2 Å². The van der Waals surface area contributed by atoms with E-state index < -0.39 is 10.0 Å². The summed E-state index contributed by atoms with van der Waals surface area (Å²) in [5, 5.41) is 2.78. The molecule has 152 valence electrons. The molecule has 0 saturated heterocycles. The lowest BCUT2D eigenvalue weighted by Gasteiger charge is -2.21. The number of anilines is 1. The Labute approximate surface area is 167 Å². The van der Waals surface area contributed by atoms with Crippen LogP contribution in [-0.2, 0) is 14.8 Å². The van der Waals surface area contributed by atoms with Gasteiger partial charge in [0.25, 0.3) is 0 Å². The number of sulfonamides is 1. The first-order valence-corrected chi connectivity index (χ1v) is 10.7. The molecule has 0 bridgehead atoms. The topological polar surface area (TPSA) is 75.7 Å². The van der Waals surface area contributed by atoms with Crippen LogP contribution in [0.1, 0.15) is 32.3 Å². The number of benzene rings is 2. The Kier molecular flexibility index (Phi) is 7.60. The molecule has 2 aromatic carbocycles. The Morgan fingerprint density at radius 3 is 2.25 bits per heavy atom. The first-order valence-electron chi connectivity index (χ1n) is 9.27. The Morgan fingerprint density at radius 1 is 1.07 bits per heavy atom. The van der Waals surface area contributed by atoms with Crippen molar-refractivity contribution in [2.45, 2.75) is 44.6 Å². The number of nitrogens with zero attached hydrogens (tertiary/aromatic N) is 1. The standard InChI is InChI=1S/C21H28N2O4S/c1-16(2)23(4)28(25,26)20-13-9-18(10-14-20)22-21(24)6-5-15-27-19-11-7-17(3)8-12-19/h7-14,16H,5-6,15H2,1-4H3,(H,22,24). The van der Waals surface area contributed by atoms with Crippen molar-refractivity contribution in [3.63, 3.8) is 0 Å². The second-order valence-corrected chi connectivity index (χ2v) is 8.95. The highest BCUT2D eigenvalue weighted by molar-refractivity contribution is 7.89. The van der Waals surface area contributed by atoms with Gasteiger partial charge in [-0.25, -0.2) is 8.42 Å². The third-order valence-electron chi connectivity index (χ3n) is 4.38. The summed E-state index contributed by atoms with van der Waals surface area (Å²) in [5.74, 6) is 0.650. The van der Waals surface area contributed by atoms with E-state index in [0.717, 1.165) is 5.75 Å². The van der Waals surface area contributed by atoms with E-state index in [1.165, 1.54) is 22.0 Å². The highest BCUT2D eigenvalue weighted by Crippen LogP contribution is 2.19. The minimum atomic E-state index is -3.53. The SMILES string of the molecule is Cc1ccc(OCCCC(=O)Nc2ccc(S(=O)(=O)N(C)C(C)C)cc2)cc1. The highest BCUT2D eigenvalue weighted by Gasteiger charge is 2.22. The number of rotatable bonds is 9. The molecule has 0 aliphatic heterocycles. The van der Waals surface area contributed by atoms with E-state index in [9.17, 15) is 13.2 Å². The molecule has 0 radical (unpaired) electrons. The second-order valence-electron chi connectivity index (χ2n) is 6.95. The first-order chi connectivity index (χ1) is 13.2. The zero-order valence-corrected chi connectivity index (χ0v) is 17.6. The first kappa shape index (κ1) is 21.9. The molecular formula is C21H28N2O4S. The summed E-state index contributed by atoms with van der Waals surface area (Å²) in [6, 6.07) is 13.8. The van der Waals surface area contributed by atoms with Crippen molar-refractivity contribution in [1.29, 1.82) is 0 Å². The van der Waals surface area contributed by atoms with Gasteiger partial charge >= 0.3 is 0 Å². The van der Waals surface area contributed by atoms with Gasteiger partial charge in [-0.3, -0.25) is 4.79 Å². The fourth-order valence-corrected chi connectivity index (χ4v) is 3.80. The van der Waals surface area contributed by atoms with Gasteiger partial charge < -0.3 is 10.1 Å². The number of nitrogens with one attached hydrogen (secondary N) is 1. The van der Waals surface area contributed by atoms with Crippen LogP contribution in [0.15, 0.2) is 53.4 Å². The van der Waals surface area contributed by atoms with Crippen molar-refractivity contribution in [2.75, 3.05) is 19.0 Å². The number of ether oxygens (including phenoxy) is 1. The molecule has 6 nitrogen and oxygen atoms in total. The van der Waals surface area contributed by atoms with Crippen molar-refractivity contribution in [1.82, 2.24) is 4.31 Å². The van der Waals surface area contributed by atoms with Gasteiger partial charge in [-0.15, -0.1) is 0 Å². The van der Waals surface area contributed by atoms with E-state index in [-0.39, 0.29) is 16.8 Å². The van der Waals surface area contributed by atoms with Gasteiger partial charge in [-0.2, -0.15) is 4.31 Å². The van der Waals surface area contributed by atoms with Crippen LogP contribution in [0.3, 0.4) is 0 Å². The zero-order valence-electron chi connectivity index (χ0n) is 16.8. The number of aryl methyl sites for hydroxylation is 1. The third kappa shape index (κ3) is 6.07. The van der Waals surface area contributed by atoms with Gasteiger partial charge in [0.2, 0.25) is 15.9 Å². The number of hydrogen-bond acceptors (Lipinski definition) is 4. The summed E-state index contributed by atoms with van der Waals surface area (Å²) in [4.78, 5) is 12.3. The van der Waals surface area contributed by atoms with Gasteiger partial charge in [0.05, 0.1) is 11.5 Å². The molecule has 1 N–H and O–H groups in total. The molecule has 1 amide bonds. The maximum absolute atomic E-state index is 12.4. The molecular weight excluding hydrogens is 376 g/mol. The third-order valence-corrected chi connectivity index (χ3v) is 6.43. The molecule has 0 atom stereocenters. The molecule has 7 heteroatoms. The van der Waals surface area contributed by atoms with Crippen LogP contribution in [0.2, 0.25) is 0 Å².